The van der Waals surface area contributed by atoms with Crippen LogP contribution in [0.4, 0.5) is 13.6 Å². The zero-order chi connectivity index (χ0) is 24.7. The minimum atomic E-state index is -0.953. The number of amides is 1. The van der Waals surface area contributed by atoms with Crippen LogP contribution < -0.4 is 10.3 Å². The average molecular weight is 481 g/mol. The largest absolute Gasteiger partial charge is 0.487 e. The number of pyridine rings is 3. The van der Waals surface area contributed by atoms with Crippen LogP contribution in [0.25, 0.3) is 16.9 Å². The number of rotatable bonds is 4. The van der Waals surface area contributed by atoms with Crippen molar-refractivity contribution in [3.8, 4) is 11.6 Å². The molecule has 5 heterocycles. The molecule has 4 aromatic rings. The quantitative estimate of drug-likeness (QED) is 0.479. The molecule has 1 aliphatic heterocycles. The first-order valence-corrected chi connectivity index (χ1v) is 10.9. The van der Waals surface area contributed by atoms with Gasteiger partial charge in [0, 0.05) is 48.6 Å². The summed E-state index contributed by atoms with van der Waals surface area (Å²) in [6.07, 6.45) is 2.89. The normalized spacial score (nSPS) is 13.5. The minimum Gasteiger partial charge on any atom is -0.487 e. The van der Waals surface area contributed by atoms with Crippen molar-refractivity contribution in [3.05, 3.63) is 81.7 Å². The number of carboxylic acid groups (broad SMARTS) is 1. The molecular weight excluding hydrogens is 460 g/mol. The lowest BCUT2D eigenvalue weighted by atomic mass is 10.1. The topological polar surface area (TPSA) is 102 Å². The molecule has 0 atom stereocenters. The van der Waals surface area contributed by atoms with Crippen LogP contribution in [-0.4, -0.2) is 41.7 Å². The summed E-state index contributed by atoms with van der Waals surface area (Å²) in [6.45, 7) is 0.505. The van der Waals surface area contributed by atoms with Gasteiger partial charge in [0.2, 0.25) is 0 Å². The predicted octanol–water partition coefficient (Wildman–Crippen LogP) is 3.40. The van der Waals surface area contributed by atoms with Gasteiger partial charge in [0.1, 0.15) is 35.3 Å². The molecule has 1 N–H and O–H groups in total. The highest BCUT2D eigenvalue weighted by Gasteiger charge is 2.24. The molecular formula is C24H21F2N5O4. The maximum Gasteiger partial charge on any atom is 0.407 e. The molecule has 0 aliphatic carbocycles. The fourth-order valence-electron chi connectivity index (χ4n) is 4.36. The Morgan fingerprint density at radius 1 is 1.23 bits per heavy atom. The number of hydrogen-bond donors (Lipinski definition) is 1. The Balaban J connectivity index is 1.43. The number of aromatic nitrogens is 4. The van der Waals surface area contributed by atoms with E-state index in [4.69, 9.17) is 4.74 Å². The molecule has 0 aromatic carbocycles. The molecule has 0 fully saturated rings. The third-order valence-corrected chi connectivity index (χ3v) is 6.12. The van der Waals surface area contributed by atoms with Gasteiger partial charge in [0.15, 0.2) is 5.82 Å². The van der Waals surface area contributed by atoms with Crippen molar-refractivity contribution in [2.45, 2.75) is 26.0 Å². The number of ether oxygens (including phenoxy) is 1. The van der Waals surface area contributed by atoms with Crippen molar-refractivity contribution in [1.82, 2.24) is 24.0 Å². The Hall–Kier alpha value is -4.28. The van der Waals surface area contributed by atoms with E-state index < -0.39 is 23.3 Å². The van der Waals surface area contributed by atoms with Gasteiger partial charge in [-0.1, -0.05) is 0 Å². The highest BCUT2D eigenvalue weighted by atomic mass is 19.1. The Bertz CT molecular complexity index is 1510. The first-order valence-electron chi connectivity index (χ1n) is 10.9. The van der Waals surface area contributed by atoms with Crippen LogP contribution in [0.5, 0.6) is 5.75 Å². The summed E-state index contributed by atoms with van der Waals surface area (Å²) in [6, 6.07) is 7.06. The van der Waals surface area contributed by atoms with Crippen molar-refractivity contribution in [1.29, 1.82) is 0 Å². The molecule has 0 spiro atoms. The smallest absolute Gasteiger partial charge is 0.407 e. The van der Waals surface area contributed by atoms with Crippen molar-refractivity contribution >= 4 is 17.1 Å². The average Bonchev–Trinajstić information content (AvgIpc) is 2.97. The second-order valence-corrected chi connectivity index (χ2v) is 8.27. The van der Waals surface area contributed by atoms with Crippen LogP contribution in [0.1, 0.15) is 23.4 Å². The van der Waals surface area contributed by atoms with Gasteiger partial charge < -0.3 is 19.3 Å². The van der Waals surface area contributed by atoms with E-state index >= 15 is 0 Å². The van der Waals surface area contributed by atoms with Crippen LogP contribution in [0, 0.1) is 11.6 Å². The number of carbonyl (C=O) groups is 1. The number of halogens is 2. The predicted molar refractivity (Wildman–Crippen MR) is 122 cm³/mol. The van der Waals surface area contributed by atoms with E-state index in [1.807, 2.05) is 17.7 Å². The van der Waals surface area contributed by atoms with E-state index in [1.165, 1.54) is 21.7 Å². The summed E-state index contributed by atoms with van der Waals surface area (Å²) in [4.78, 5) is 34.0. The van der Waals surface area contributed by atoms with E-state index in [0.29, 0.717) is 37.0 Å². The molecule has 1 amide bonds. The summed E-state index contributed by atoms with van der Waals surface area (Å²) < 4.78 is 35.5. The van der Waals surface area contributed by atoms with E-state index in [2.05, 4.69) is 9.97 Å². The molecule has 0 unspecified atom stereocenters. The van der Waals surface area contributed by atoms with Crippen LogP contribution >= 0.6 is 0 Å². The third kappa shape index (κ3) is 4.20. The van der Waals surface area contributed by atoms with E-state index in [0.717, 1.165) is 29.3 Å². The maximum absolute atomic E-state index is 13.8. The molecule has 0 radical (unpaired) electrons. The second kappa shape index (κ2) is 8.82. The molecule has 0 bridgehead atoms. The number of hydrogen-bond acceptors (Lipinski definition) is 5. The van der Waals surface area contributed by atoms with Gasteiger partial charge in [-0.15, -0.1) is 0 Å². The minimum absolute atomic E-state index is 0.0763. The van der Waals surface area contributed by atoms with Gasteiger partial charge in [-0.3, -0.25) is 14.3 Å². The standard InChI is InChI=1S/C24H21F2N5O4/c1-29-20-3-2-7-30(24(33)34)12-17(20)16-4-5-21(28-23(16)29)31-8-6-15(10-22(31)32)35-13-19-18(26)9-14(25)11-27-19/h4-6,8-11H,2-3,7,12-13H2,1H3,(H,33,34). The first kappa shape index (κ1) is 22.5. The summed E-state index contributed by atoms with van der Waals surface area (Å²) in [5.74, 6) is -1.02. The van der Waals surface area contributed by atoms with Gasteiger partial charge in [-0.25, -0.2) is 18.6 Å². The summed E-state index contributed by atoms with van der Waals surface area (Å²) in [5.41, 5.74) is 2.14. The lowest BCUT2D eigenvalue weighted by molar-refractivity contribution is 0.143. The van der Waals surface area contributed by atoms with Crippen molar-refractivity contribution in [2.24, 2.45) is 7.05 Å². The lowest BCUT2D eigenvalue weighted by Crippen LogP contribution is -2.28. The van der Waals surface area contributed by atoms with Crippen LogP contribution in [0.15, 0.2) is 47.5 Å². The van der Waals surface area contributed by atoms with Gasteiger partial charge in [0.25, 0.3) is 5.56 Å². The van der Waals surface area contributed by atoms with Crippen molar-refractivity contribution < 1.29 is 23.4 Å². The molecule has 0 saturated heterocycles. The second-order valence-electron chi connectivity index (χ2n) is 8.27. The Morgan fingerprint density at radius 3 is 2.80 bits per heavy atom. The third-order valence-electron chi connectivity index (χ3n) is 6.12. The van der Waals surface area contributed by atoms with Crippen molar-refractivity contribution in [3.63, 3.8) is 0 Å². The highest BCUT2D eigenvalue weighted by Crippen LogP contribution is 2.29. The number of aryl methyl sites for hydroxylation is 1. The van der Waals surface area contributed by atoms with Gasteiger partial charge in [0.05, 0.1) is 12.7 Å². The summed E-state index contributed by atoms with van der Waals surface area (Å²) >= 11 is 0. The first-order chi connectivity index (χ1) is 16.8. The number of nitrogens with zero attached hydrogens (tertiary/aromatic N) is 5. The van der Waals surface area contributed by atoms with Crippen LogP contribution in [0.3, 0.4) is 0 Å². The van der Waals surface area contributed by atoms with Crippen molar-refractivity contribution in [2.75, 3.05) is 6.54 Å². The highest BCUT2D eigenvalue weighted by molar-refractivity contribution is 5.83. The fraction of sp³-hybridized carbons (Fsp3) is 0.250. The molecule has 35 heavy (non-hydrogen) atoms. The van der Waals surface area contributed by atoms with E-state index in [9.17, 15) is 23.5 Å². The molecule has 0 saturated carbocycles. The zero-order valence-electron chi connectivity index (χ0n) is 18.7. The van der Waals surface area contributed by atoms with Gasteiger partial charge in [-0.2, -0.15) is 0 Å². The molecule has 180 valence electrons. The molecule has 5 rings (SSSR count). The van der Waals surface area contributed by atoms with Gasteiger partial charge in [-0.05, 0) is 31.0 Å². The molecule has 1 aliphatic rings. The Labute approximate surface area is 197 Å². The van der Waals surface area contributed by atoms with E-state index in [-0.39, 0.29) is 18.1 Å². The molecule has 4 aromatic heterocycles. The fourth-order valence-corrected chi connectivity index (χ4v) is 4.36. The van der Waals surface area contributed by atoms with E-state index in [1.54, 1.807) is 12.1 Å². The Kier molecular flexibility index (Phi) is 5.67. The molecule has 9 nitrogen and oxygen atoms in total. The summed E-state index contributed by atoms with van der Waals surface area (Å²) in [7, 11) is 1.89. The monoisotopic (exact) mass is 481 g/mol. The van der Waals surface area contributed by atoms with Gasteiger partial charge >= 0.3 is 6.09 Å². The lowest BCUT2D eigenvalue weighted by Gasteiger charge is -2.16. The summed E-state index contributed by atoms with van der Waals surface area (Å²) in [5, 5.41) is 10.3. The number of fused-ring (bicyclic) bond motifs is 3. The SMILES string of the molecule is Cn1c2c(c3ccc(-n4ccc(OCc5ncc(F)cc5F)cc4=O)nc31)CN(C(=O)O)CCC2. The Morgan fingerprint density at radius 2 is 2.06 bits per heavy atom. The zero-order valence-corrected chi connectivity index (χ0v) is 18.7. The maximum atomic E-state index is 13.8. The van der Waals surface area contributed by atoms with Crippen LogP contribution in [0.2, 0.25) is 0 Å². The molecule has 11 heteroatoms. The van der Waals surface area contributed by atoms with Crippen LogP contribution in [-0.2, 0) is 26.6 Å².